The molecule has 0 spiro atoms. The smallest absolute Gasteiger partial charge is 0.308 e. The molecule has 0 bridgehead atoms. The van der Waals surface area contributed by atoms with Crippen LogP contribution in [0.25, 0.3) is 104 Å². The molecule has 8 heteroatoms. The number of thiophene rings is 1. The van der Waals surface area contributed by atoms with E-state index in [1.54, 1.807) is 36.5 Å². The van der Waals surface area contributed by atoms with E-state index in [1.165, 1.54) is 26.2 Å². The number of aryl methyl sites for hydroxylation is 1. The third-order valence-corrected chi connectivity index (χ3v) is 12.5. The summed E-state index contributed by atoms with van der Waals surface area (Å²) in [5, 5.41) is 4.28. The number of rotatable bonds is 6. The van der Waals surface area contributed by atoms with Gasteiger partial charge >= 0.3 is 6.18 Å². The third kappa shape index (κ3) is 6.44. The lowest BCUT2D eigenvalue weighted by atomic mass is 9.96. The fraction of sp³-hybridized carbons (Fsp3) is 0.0377. The van der Waals surface area contributed by atoms with Crippen molar-refractivity contribution < 1.29 is 13.2 Å². The molecule has 292 valence electrons. The van der Waals surface area contributed by atoms with Crippen LogP contribution in [0, 0.1) is 6.92 Å². The fourth-order valence-corrected chi connectivity index (χ4v) is 9.55. The molecule has 0 radical (unpaired) electrons. The van der Waals surface area contributed by atoms with Crippen molar-refractivity contribution in [1.82, 2.24) is 19.5 Å². The molecule has 0 aliphatic carbocycles. The van der Waals surface area contributed by atoms with Crippen molar-refractivity contribution in [1.29, 1.82) is 0 Å². The van der Waals surface area contributed by atoms with E-state index in [0.29, 0.717) is 28.6 Å². The Labute approximate surface area is 352 Å². The summed E-state index contributed by atoms with van der Waals surface area (Å²) < 4.78 is 48.3. The van der Waals surface area contributed by atoms with Crippen LogP contribution >= 0.6 is 11.3 Å². The summed E-state index contributed by atoms with van der Waals surface area (Å²) in [7, 11) is 0. The number of benzene rings is 8. The largest absolute Gasteiger partial charge is 0.417 e. The molecular formula is C53H33F3N4S. The Kier molecular flexibility index (Phi) is 8.65. The number of alkyl halides is 3. The number of halogens is 3. The van der Waals surface area contributed by atoms with Crippen LogP contribution in [0.4, 0.5) is 13.2 Å². The summed E-state index contributed by atoms with van der Waals surface area (Å²) in [6.45, 7) is 1.68. The van der Waals surface area contributed by atoms with Gasteiger partial charge in [0.15, 0.2) is 17.5 Å². The third-order valence-electron chi connectivity index (χ3n) is 11.4. The molecule has 0 aliphatic rings. The molecule has 4 nitrogen and oxygen atoms in total. The SMILES string of the molecule is Cc1ccc(-c2ccc3c4ccccc4n(-c4ccc(-c5ccc6sc7ccccc7c6c5)cc4-c4nc(-c5ccccc5)nc(-c5ccccc5)n4)c3c2)c(C(F)(F)F)c1. The first-order chi connectivity index (χ1) is 29.8. The van der Waals surface area contributed by atoms with Crippen LogP contribution < -0.4 is 0 Å². The first-order valence-electron chi connectivity index (χ1n) is 19.9. The second-order valence-electron chi connectivity index (χ2n) is 15.2. The Bertz CT molecular complexity index is 3420. The van der Waals surface area contributed by atoms with E-state index in [4.69, 9.17) is 15.0 Å². The van der Waals surface area contributed by atoms with Crippen LogP contribution in [0.3, 0.4) is 0 Å². The number of aromatic nitrogens is 4. The van der Waals surface area contributed by atoms with Crippen molar-refractivity contribution in [2.24, 2.45) is 0 Å². The zero-order valence-electron chi connectivity index (χ0n) is 32.7. The van der Waals surface area contributed by atoms with Gasteiger partial charge in [0.2, 0.25) is 0 Å². The Morgan fingerprint density at radius 2 is 1.02 bits per heavy atom. The van der Waals surface area contributed by atoms with Crippen molar-refractivity contribution in [2.45, 2.75) is 13.1 Å². The van der Waals surface area contributed by atoms with Crippen molar-refractivity contribution in [3.8, 4) is 62.1 Å². The summed E-state index contributed by atoms with van der Waals surface area (Å²) >= 11 is 1.78. The monoisotopic (exact) mass is 814 g/mol. The number of hydrogen-bond acceptors (Lipinski definition) is 4. The zero-order valence-corrected chi connectivity index (χ0v) is 33.5. The molecule has 3 aromatic heterocycles. The summed E-state index contributed by atoms with van der Waals surface area (Å²) in [6.07, 6.45) is -4.53. The van der Waals surface area contributed by atoms with Gasteiger partial charge < -0.3 is 4.57 Å². The molecule has 0 aliphatic heterocycles. The molecule has 8 aromatic carbocycles. The highest BCUT2D eigenvalue weighted by molar-refractivity contribution is 7.25. The fourth-order valence-electron chi connectivity index (χ4n) is 8.47. The Balaban J connectivity index is 1.21. The highest BCUT2D eigenvalue weighted by atomic mass is 32.1. The van der Waals surface area contributed by atoms with Gasteiger partial charge in [-0.15, -0.1) is 11.3 Å². The molecule has 0 amide bonds. The maximum absolute atomic E-state index is 14.6. The van der Waals surface area contributed by atoms with Gasteiger partial charge in [-0.3, -0.25) is 0 Å². The summed E-state index contributed by atoms with van der Waals surface area (Å²) in [5.74, 6) is 1.51. The maximum atomic E-state index is 14.6. The molecule has 61 heavy (non-hydrogen) atoms. The van der Waals surface area contributed by atoms with Crippen LogP contribution in [0.1, 0.15) is 11.1 Å². The van der Waals surface area contributed by atoms with Gasteiger partial charge in [0.1, 0.15) is 0 Å². The van der Waals surface area contributed by atoms with Gasteiger partial charge in [0.05, 0.1) is 22.3 Å². The van der Waals surface area contributed by atoms with Crippen LogP contribution in [0.5, 0.6) is 0 Å². The Hall–Kier alpha value is -7.42. The van der Waals surface area contributed by atoms with Crippen LogP contribution in [0.2, 0.25) is 0 Å². The minimum absolute atomic E-state index is 0.126. The van der Waals surface area contributed by atoms with Crippen molar-refractivity contribution in [3.05, 3.63) is 193 Å². The zero-order chi connectivity index (χ0) is 41.2. The Morgan fingerprint density at radius 3 is 1.75 bits per heavy atom. The number of fused-ring (bicyclic) bond motifs is 6. The number of nitrogens with zero attached hydrogens (tertiary/aromatic N) is 4. The van der Waals surface area contributed by atoms with Gasteiger partial charge in [-0.25, -0.2) is 15.0 Å². The molecule has 3 heterocycles. The van der Waals surface area contributed by atoms with Crippen molar-refractivity contribution in [2.75, 3.05) is 0 Å². The normalized spacial score (nSPS) is 11.9. The van der Waals surface area contributed by atoms with Gasteiger partial charge in [-0.05, 0) is 77.7 Å². The average Bonchev–Trinajstić information content (AvgIpc) is 3.84. The molecule has 0 N–H and O–H groups in total. The molecule has 0 saturated heterocycles. The lowest BCUT2D eigenvalue weighted by Gasteiger charge is -2.17. The van der Waals surface area contributed by atoms with E-state index in [0.717, 1.165) is 55.3 Å². The standard InChI is InChI=1S/C53H33F3N4S/c1-32-20-24-38(44(28-32)53(54,55)56)37-21-25-40-39-16-8-10-18-45(39)60(47(40)31-37)46-26-22-35(36-23-27-49-42(29-36)41-17-9-11-19-48(41)61-49)30-43(46)52-58-50(33-12-4-2-5-13-33)57-51(59-52)34-14-6-3-7-15-34/h2-31H,1H3. The molecular weight excluding hydrogens is 782 g/mol. The van der Waals surface area contributed by atoms with Gasteiger partial charge in [0, 0.05) is 47.6 Å². The Morgan fingerprint density at radius 1 is 0.426 bits per heavy atom. The second kappa shape index (κ2) is 14.4. The van der Waals surface area contributed by atoms with E-state index < -0.39 is 11.7 Å². The molecule has 0 saturated carbocycles. The van der Waals surface area contributed by atoms with Crippen LogP contribution in [-0.4, -0.2) is 19.5 Å². The van der Waals surface area contributed by atoms with Gasteiger partial charge in [0.25, 0.3) is 0 Å². The summed E-state index contributed by atoms with van der Waals surface area (Å²) in [4.78, 5) is 15.4. The van der Waals surface area contributed by atoms with E-state index in [9.17, 15) is 13.2 Å². The first-order valence-corrected chi connectivity index (χ1v) is 20.7. The number of para-hydroxylation sites is 1. The first kappa shape index (κ1) is 36.6. The predicted molar refractivity (Wildman–Crippen MR) is 244 cm³/mol. The van der Waals surface area contributed by atoms with Crippen molar-refractivity contribution >= 4 is 53.3 Å². The van der Waals surface area contributed by atoms with E-state index in [1.807, 2.05) is 91.0 Å². The summed E-state index contributed by atoms with van der Waals surface area (Å²) in [5.41, 5.74) is 7.34. The topological polar surface area (TPSA) is 43.6 Å². The quantitative estimate of drug-likeness (QED) is 0.168. The number of hydrogen-bond donors (Lipinski definition) is 0. The molecule has 0 fully saturated rings. The molecule has 11 rings (SSSR count). The lowest BCUT2D eigenvalue weighted by molar-refractivity contribution is -0.137. The lowest BCUT2D eigenvalue weighted by Crippen LogP contribution is -2.07. The average molecular weight is 815 g/mol. The highest BCUT2D eigenvalue weighted by Gasteiger charge is 2.34. The highest BCUT2D eigenvalue weighted by Crippen LogP contribution is 2.43. The predicted octanol–water partition coefficient (Wildman–Crippen LogP) is 15.0. The van der Waals surface area contributed by atoms with Gasteiger partial charge in [-0.2, -0.15) is 13.2 Å². The van der Waals surface area contributed by atoms with E-state index >= 15 is 0 Å². The van der Waals surface area contributed by atoms with Gasteiger partial charge in [-0.1, -0.05) is 139 Å². The molecule has 0 unspecified atom stereocenters. The van der Waals surface area contributed by atoms with Crippen LogP contribution in [-0.2, 0) is 6.18 Å². The van der Waals surface area contributed by atoms with E-state index in [-0.39, 0.29) is 5.56 Å². The van der Waals surface area contributed by atoms with Crippen LogP contribution in [0.15, 0.2) is 182 Å². The minimum Gasteiger partial charge on any atom is -0.308 e. The van der Waals surface area contributed by atoms with E-state index in [2.05, 4.69) is 71.3 Å². The molecule has 0 atom stereocenters. The summed E-state index contributed by atoms with van der Waals surface area (Å²) in [6, 6.07) is 59.3. The van der Waals surface area contributed by atoms with Crippen molar-refractivity contribution in [3.63, 3.8) is 0 Å². The second-order valence-corrected chi connectivity index (χ2v) is 16.3. The molecule has 11 aromatic rings. The minimum atomic E-state index is -4.53. The maximum Gasteiger partial charge on any atom is 0.417 e.